The van der Waals surface area contributed by atoms with Crippen LogP contribution in [0.3, 0.4) is 0 Å². The van der Waals surface area contributed by atoms with E-state index >= 15 is 0 Å². The molecule has 2 N–H and O–H groups in total. The zero-order valence-electron chi connectivity index (χ0n) is 22.0. The summed E-state index contributed by atoms with van der Waals surface area (Å²) in [7, 11) is 1.64. The zero-order chi connectivity index (χ0) is 25.8. The Balaban J connectivity index is 0.00000648. The second kappa shape index (κ2) is 15.4. The Kier molecular flexibility index (Phi) is 13.3. The minimum atomic E-state index is -0.761. The maximum Gasteiger partial charge on any atom is 0.253 e. The number of hydrogen-bond donors (Lipinski definition) is 2. The molecular formula is C28H40ClN3O4. The van der Waals surface area contributed by atoms with Gasteiger partial charge in [-0.25, -0.2) is 0 Å². The maximum absolute atomic E-state index is 12.8. The van der Waals surface area contributed by atoms with E-state index in [1.807, 2.05) is 38.1 Å². The normalized spacial score (nSPS) is 11.7. The smallest absolute Gasteiger partial charge is 0.253 e. The van der Waals surface area contributed by atoms with E-state index in [2.05, 4.69) is 25.2 Å². The molecule has 0 bridgehead atoms. The highest BCUT2D eigenvalue weighted by Gasteiger charge is 2.20. The summed E-state index contributed by atoms with van der Waals surface area (Å²) in [6.07, 6.45) is 1.77. The van der Waals surface area contributed by atoms with Gasteiger partial charge in [0.25, 0.3) is 5.91 Å². The lowest BCUT2D eigenvalue weighted by atomic mass is 9.94. The summed E-state index contributed by atoms with van der Waals surface area (Å²) in [6, 6.07) is 14.9. The highest BCUT2D eigenvalue weighted by atomic mass is 35.5. The van der Waals surface area contributed by atoms with Gasteiger partial charge in [0.15, 0.2) is 0 Å². The van der Waals surface area contributed by atoms with Crippen molar-refractivity contribution in [2.45, 2.75) is 58.6 Å². The Bertz CT molecular complexity index is 983. The Morgan fingerprint density at radius 2 is 1.78 bits per heavy atom. The number of nitrogens with one attached hydrogen (secondary N) is 1. The van der Waals surface area contributed by atoms with Gasteiger partial charge in [-0.2, -0.15) is 5.26 Å². The molecule has 0 fully saturated rings. The molecule has 36 heavy (non-hydrogen) atoms. The molecule has 2 rings (SSSR count). The fraction of sp³-hybridized carbons (Fsp3) is 0.500. The van der Waals surface area contributed by atoms with Gasteiger partial charge in [0.1, 0.15) is 30.3 Å². The van der Waals surface area contributed by atoms with E-state index in [9.17, 15) is 15.2 Å². The predicted molar refractivity (Wildman–Crippen MR) is 145 cm³/mol. The number of carbonyl (C=O) groups is 1. The number of nitrogens with zero attached hydrogens (tertiary/aromatic N) is 2. The largest absolute Gasteiger partial charge is 0.497 e. The standard InChI is InChI=1S/C28H39N3O4.ClH/c1-6-14-31(15-7-2)27(33)22-10-13-26(23(16-22)18-29)35-20-24(32)19-30-28(3,4)17-21-8-11-25(34-5)12-9-21;/h8-13,16,24,30,32H,6-7,14-15,17,19-20H2,1-5H3;1H. The van der Waals surface area contributed by atoms with Gasteiger partial charge < -0.3 is 24.8 Å². The summed E-state index contributed by atoms with van der Waals surface area (Å²) in [5.41, 5.74) is 1.68. The number of amides is 1. The van der Waals surface area contributed by atoms with Crippen LogP contribution < -0.4 is 14.8 Å². The second-order valence-electron chi connectivity index (χ2n) is 9.37. The molecule has 0 heterocycles. The van der Waals surface area contributed by atoms with Crippen LogP contribution in [0.1, 0.15) is 62.0 Å². The first-order chi connectivity index (χ1) is 16.7. The number of hydrogen-bond acceptors (Lipinski definition) is 6. The van der Waals surface area contributed by atoms with E-state index < -0.39 is 6.10 Å². The lowest BCUT2D eigenvalue weighted by Crippen LogP contribution is -2.46. The number of nitriles is 1. The molecule has 0 aliphatic carbocycles. The van der Waals surface area contributed by atoms with Crippen LogP contribution in [0.4, 0.5) is 0 Å². The molecule has 0 saturated heterocycles. The van der Waals surface area contributed by atoms with Crippen LogP contribution in [-0.4, -0.2) is 60.9 Å². The van der Waals surface area contributed by atoms with E-state index in [0.717, 1.165) is 25.0 Å². The molecule has 8 heteroatoms. The van der Waals surface area contributed by atoms with Crippen LogP contribution in [-0.2, 0) is 6.42 Å². The number of rotatable bonds is 14. The van der Waals surface area contributed by atoms with Crippen molar-refractivity contribution in [3.05, 3.63) is 59.2 Å². The van der Waals surface area contributed by atoms with Crippen molar-refractivity contribution in [1.82, 2.24) is 10.2 Å². The van der Waals surface area contributed by atoms with Crippen LogP contribution >= 0.6 is 12.4 Å². The molecule has 7 nitrogen and oxygen atoms in total. The van der Waals surface area contributed by atoms with Crippen molar-refractivity contribution in [2.75, 3.05) is 33.4 Å². The monoisotopic (exact) mass is 517 g/mol. The summed E-state index contributed by atoms with van der Waals surface area (Å²) in [4.78, 5) is 14.6. The number of carbonyl (C=O) groups excluding carboxylic acids is 1. The SMILES string of the molecule is CCCN(CCC)C(=O)c1ccc(OCC(O)CNC(C)(C)Cc2ccc(OC)cc2)c(C#N)c1.Cl. The molecule has 0 aromatic heterocycles. The molecule has 1 amide bonds. The van der Waals surface area contributed by atoms with Crippen LogP contribution in [0.15, 0.2) is 42.5 Å². The van der Waals surface area contributed by atoms with E-state index in [-0.39, 0.29) is 36.0 Å². The third-order valence-corrected chi connectivity index (χ3v) is 5.67. The zero-order valence-corrected chi connectivity index (χ0v) is 22.9. The quantitative estimate of drug-likeness (QED) is 0.380. The number of halogens is 1. The highest BCUT2D eigenvalue weighted by molar-refractivity contribution is 5.94. The molecule has 1 unspecified atom stereocenters. The Hall–Kier alpha value is -2.79. The van der Waals surface area contributed by atoms with Crippen molar-refractivity contribution < 1.29 is 19.4 Å². The molecule has 198 valence electrons. The first-order valence-corrected chi connectivity index (χ1v) is 12.2. The van der Waals surface area contributed by atoms with Crippen molar-refractivity contribution in [2.24, 2.45) is 0 Å². The molecule has 0 radical (unpaired) electrons. The summed E-state index contributed by atoms with van der Waals surface area (Å²) in [5.74, 6) is 1.10. The van der Waals surface area contributed by atoms with Gasteiger partial charge in [-0.3, -0.25) is 4.79 Å². The number of methoxy groups -OCH3 is 1. The van der Waals surface area contributed by atoms with E-state index in [0.29, 0.717) is 30.9 Å². The van der Waals surface area contributed by atoms with E-state index in [1.54, 1.807) is 30.2 Å². The van der Waals surface area contributed by atoms with Gasteiger partial charge in [-0.05, 0) is 69.0 Å². The lowest BCUT2D eigenvalue weighted by molar-refractivity contribution is 0.0755. The molecule has 1 atom stereocenters. The van der Waals surface area contributed by atoms with Gasteiger partial charge in [0, 0.05) is 30.7 Å². The first-order valence-electron chi connectivity index (χ1n) is 12.2. The van der Waals surface area contributed by atoms with Crippen molar-refractivity contribution in [1.29, 1.82) is 5.26 Å². The van der Waals surface area contributed by atoms with Crippen LogP contribution in [0.2, 0.25) is 0 Å². The van der Waals surface area contributed by atoms with Gasteiger partial charge >= 0.3 is 0 Å². The third-order valence-electron chi connectivity index (χ3n) is 5.67. The molecule has 2 aromatic carbocycles. The fourth-order valence-electron chi connectivity index (χ4n) is 3.87. The van der Waals surface area contributed by atoms with E-state index in [1.165, 1.54) is 5.56 Å². The summed E-state index contributed by atoms with van der Waals surface area (Å²) < 4.78 is 10.9. The first kappa shape index (κ1) is 31.2. The average Bonchev–Trinajstić information content (AvgIpc) is 2.86. The number of β-amino-alcohol motifs (C(OH)–C–C–N with tert-alkyl or cyclic N) is 1. The molecule has 2 aromatic rings. The summed E-state index contributed by atoms with van der Waals surface area (Å²) in [6.45, 7) is 9.96. The van der Waals surface area contributed by atoms with Gasteiger partial charge in [-0.1, -0.05) is 26.0 Å². The van der Waals surface area contributed by atoms with Crippen LogP contribution in [0, 0.1) is 11.3 Å². The number of benzene rings is 2. The second-order valence-corrected chi connectivity index (χ2v) is 9.37. The Morgan fingerprint density at radius 1 is 1.14 bits per heavy atom. The maximum atomic E-state index is 12.8. The van der Waals surface area contributed by atoms with Gasteiger partial charge in [-0.15, -0.1) is 12.4 Å². The average molecular weight is 518 g/mol. The molecular weight excluding hydrogens is 478 g/mol. The molecule has 0 aliphatic rings. The van der Waals surface area contributed by atoms with Crippen molar-refractivity contribution >= 4 is 18.3 Å². The topological polar surface area (TPSA) is 94.8 Å². The molecule has 0 spiro atoms. The van der Waals surface area contributed by atoms with Crippen molar-refractivity contribution in [3.8, 4) is 17.6 Å². The highest BCUT2D eigenvalue weighted by Crippen LogP contribution is 2.21. The number of ether oxygens (including phenoxy) is 2. The predicted octanol–water partition coefficient (Wildman–Crippen LogP) is 4.60. The minimum Gasteiger partial charge on any atom is -0.497 e. The fourth-order valence-corrected chi connectivity index (χ4v) is 3.87. The van der Waals surface area contributed by atoms with E-state index in [4.69, 9.17) is 9.47 Å². The number of aliphatic hydroxyl groups excluding tert-OH is 1. The Morgan fingerprint density at radius 3 is 2.33 bits per heavy atom. The van der Waals surface area contributed by atoms with Crippen LogP contribution in [0.5, 0.6) is 11.5 Å². The molecule has 0 aliphatic heterocycles. The summed E-state index contributed by atoms with van der Waals surface area (Å²) in [5, 5.41) is 23.4. The molecule has 0 saturated carbocycles. The minimum absolute atomic E-state index is 0. The van der Waals surface area contributed by atoms with Gasteiger partial charge in [0.05, 0.1) is 12.7 Å². The van der Waals surface area contributed by atoms with Crippen LogP contribution in [0.25, 0.3) is 0 Å². The Labute approximate surface area is 221 Å². The van der Waals surface area contributed by atoms with Crippen molar-refractivity contribution in [3.63, 3.8) is 0 Å². The number of aliphatic hydroxyl groups is 1. The lowest BCUT2D eigenvalue weighted by Gasteiger charge is -2.28. The third kappa shape index (κ3) is 9.69. The summed E-state index contributed by atoms with van der Waals surface area (Å²) >= 11 is 0. The van der Waals surface area contributed by atoms with Gasteiger partial charge in [0.2, 0.25) is 0 Å².